The quantitative estimate of drug-likeness (QED) is 0.455. The van der Waals surface area contributed by atoms with Crippen molar-refractivity contribution < 1.29 is 0 Å². The molecule has 0 bridgehead atoms. The minimum absolute atomic E-state index is 0.690. The SMILES string of the molecule is C[Si](C)(C)[Si][Si]. The van der Waals surface area contributed by atoms with Crippen molar-refractivity contribution in [2.45, 2.75) is 19.6 Å². The highest BCUT2D eigenvalue weighted by Crippen LogP contribution is 1.92. The Kier molecular flexibility index (Phi) is 2.31. The molecule has 5 radical (unpaired) electrons. The van der Waals surface area contributed by atoms with Crippen LogP contribution in [0.25, 0.3) is 0 Å². The van der Waals surface area contributed by atoms with Crippen LogP contribution in [-0.2, 0) is 0 Å². The van der Waals surface area contributed by atoms with Crippen LogP contribution in [0.15, 0.2) is 0 Å². The van der Waals surface area contributed by atoms with Gasteiger partial charge in [0.2, 0.25) is 0 Å². The van der Waals surface area contributed by atoms with E-state index in [-0.39, 0.29) is 0 Å². The minimum Gasteiger partial charge on any atom is -0.0721 e. The first-order chi connectivity index (χ1) is 2.56. The second-order valence-corrected chi connectivity index (χ2v) is 14.6. The van der Waals surface area contributed by atoms with E-state index >= 15 is 0 Å². The van der Waals surface area contributed by atoms with E-state index < -0.39 is 7.59 Å². The van der Waals surface area contributed by atoms with E-state index in [1.807, 2.05) is 0 Å². The molecular weight excluding hydrogens is 120 g/mol. The first-order valence-corrected chi connectivity index (χ1v) is 9.00. The Hall–Kier alpha value is 0.651. The molecule has 0 spiro atoms. The molecule has 0 aliphatic rings. The van der Waals surface area contributed by atoms with Gasteiger partial charge in [-0.2, -0.15) is 0 Å². The second kappa shape index (κ2) is 2.09. The van der Waals surface area contributed by atoms with Crippen molar-refractivity contribution in [3.05, 3.63) is 0 Å². The smallest absolute Gasteiger partial charge is 0.0289 e. The van der Waals surface area contributed by atoms with Crippen molar-refractivity contribution in [1.82, 2.24) is 0 Å². The molecule has 0 amide bonds. The molecule has 0 aromatic rings. The van der Waals surface area contributed by atoms with Gasteiger partial charge in [0.25, 0.3) is 0 Å². The summed E-state index contributed by atoms with van der Waals surface area (Å²) in [7, 11) is 3.82. The van der Waals surface area contributed by atoms with Crippen LogP contribution in [-0.4, -0.2) is 25.9 Å². The molecule has 0 aromatic carbocycles. The van der Waals surface area contributed by atoms with E-state index in [9.17, 15) is 0 Å². The third-order valence-electron chi connectivity index (χ3n) is 0.375. The average Bonchev–Trinajstić information content (AvgIpc) is 1.35. The predicted octanol–water partition coefficient (Wildman–Crippen LogP) is 0.609. The van der Waals surface area contributed by atoms with E-state index in [1.165, 1.54) is 0 Å². The van der Waals surface area contributed by atoms with Crippen molar-refractivity contribution >= 4 is 25.9 Å². The monoisotopic (exact) mass is 129 g/mol. The first kappa shape index (κ1) is 6.65. The molecule has 0 heterocycles. The van der Waals surface area contributed by atoms with E-state index in [0.29, 0.717) is 0 Å². The summed E-state index contributed by atoms with van der Waals surface area (Å²) in [4.78, 5) is 0. The lowest BCUT2D eigenvalue weighted by molar-refractivity contribution is 1.87. The molecule has 0 unspecified atom stereocenters. The topological polar surface area (TPSA) is 0 Å². The van der Waals surface area contributed by atoms with E-state index in [0.717, 1.165) is 8.55 Å². The van der Waals surface area contributed by atoms with Crippen molar-refractivity contribution in [3.63, 3.8) is 0 Å². The van der Waals surface area contributed by atoms with Gasteiger partial charge in [0, 0.05) is 25.9 Å². The van der Waals surface area contributed by atoms with Crippen LogP contribution in [0, 0.1) is 0 Å². The number of hydrogen-bond acceptors (Lipinski definition) is 0. The fourth-order valence-electron chi connectivity index (χ4n) is 0. The molecule has 0 atom stereocenters. The molecule has 0 nitrogen and oxygen atoms in total. The Morgan fingerprint density at radius 1 is 1.33 bits per heavy atom. The molecule has 0 aliphatic carbocycles. The van der Waals surface area contributed by atoms with Gasteiger partial charge in [-0.3, -0.25) is 0 Å². The lowest BCUT2D eigenvalue weighted by Gasteiger charge is -2.08. The summed E-state index contributed by atoms with van der Waals surface area (Å²) in [5.41, 5.74) is 0. The Morgan fingerprint density at radius 3 is 1.50 bits per heavy atom. The Morgan fingerprint density at radius 2 is 1.50 bits per heavy atom. The summed E-state index contributed by atoms with van der Waals surface area (Å²) in [5, 5.41) is 0. The molecule has 0 fully saturated rings. The number of rotatable bonds is 1. The molecule has 0 aromatic heterocycles. The second-order valence-electron chi connectivity index (χ2n) is 2.38. The van der Waals surface area contributed by atoms with Crippen LogP contribution in [0.1, 0.15) is 0 Å². The average molecular weight is 129 g/mol. The zero-order chi connectivity index (χ0) is 5.21. The summed E-state index contributed by atoms with van der Waals surface area (Å²) < 4.78 is 0. The molecule has 3 heteroatoms. The molecule has 6 heavy (non-hydrogen) atoms. The molecule has 0 aliphatic heterocycles. The van der Waals surface area contributed by atoms with E-state index in [4.69, 9.17) is 0 Å². The Bertz CT molecular complexity index is 35.8. The van der Waals surface area contributed by atoms with Gasteiger partial charge in [-0.15, -0.1) is 0 Å². The zero-order valence-electron chi connectivity index (χ0n) is 4.50. The summed E-state index contributed by atoms with van der Waals surface area (Å²) in [5.74, 6) is 0. The Labute approximate surface area is 46.2 Å². The van der Waals surface area contributed by atoms with Crippen LogP contribution in [0.5, 0.6) is 0 Å². The van der Waals surface area contributed by atoms with Gasteiger partial charge >= 0.3 is 0 Å². The fraction of sp³-hybridized carbons (Fsp3) is 1.00. The molecular formula is C3H9Si3. The lowest BCUT2D eigenvalue weighted by atomic mass is 11.8. The van der Waals surface area contributed by atoms with Crippen molar-refractivity contribution in [3.8, 4) is 0 Å². The highest BCUT2D eigenvalue weighted by molar-refractivity contribution is 7.38. The van der Waals surface area contributed by atoms with Gasteiger partial charge < -0.3 is 0 Å². The maximum absolute atomic E-state index is 3.50. The maximum Gasteiger partial charge on any atom is 0.0289 e. The normalized spacial score (nSPS) is 12.0. The van der Waals surface area contributed by atoms with Gasteiger partial charge in [0.05, 0.1) is 0 Å². The van der Waals surface area contributed by atoms with Gasteiger partial charge in [0.1, 0.15) is 0 Å². The van der Waals surface area contributed by atoms with Crippen molar-refractivity contribution in [2.75, 3.05) is 0 Å². The van der Waals surface area contributed by atoms with E-state index in [1.54, 1.807) is 0 Å². The van der Waals surface area contributed by atoms with Crippen LogP contribution in [0.3, 0.4) is 0 Å². The van der Waals surface area contributed by atoms with Gasteiger partial charge in [-0.1, -0.05) is 19.6 Å². The molecule has 0 saturated heterocycles. The third kappa shape index (κ3) is 4.65. The summed E-state index contributed by atoms with van der Waals surface area (Å²) >= 11 is 0. The van der Waals surface area contributed by atoms with Gasteiger partial charge in [0.15, 0.2) is 0 Å². The number of hydrogen-bond donors (Lipinski definition) is 0. The van der Waals surface area contributed by atoms with Crippen molar-refractivity contribution in [1.29, 1.82) is 0 Å². The standard InChI is InChI=1S/C3H9Si3/c1-6(2,3)5-4/h1-3H3. The lowest BCUT2D eigenvalue weighted by Crippen LogP contribution is -2.29. The molecule has 0 rings (SSSR count). The van der Waals surface area contributed by atoms with Crippen LogP contribution in [0.4, 0.5) is 0 Å². The highest BCUT2D eigenvalue weighted by Gasteiger charge is 2.07. The zero-order valence-corrected chi connectivity index (χ0v) is 7.50. The van der Waals surface area contributed by atoms with Crippen LogP contribution in [0.2, 0.25) is 19.6 Å². The van der Waals surface area contributed by atoms with E-state index in [2.05, 4.69) is 29.4 Å². The molecule has 33 valence electrons. The maximum atomic E-state index is 3.50. The highest BCUT2D eigenvalue weighted by atomic mass is 29.5. The summed E-state index contributed by atoms with van der Waals surface area (Å²) in [6, 6.07) is 0. The third-order valence-corrected chi connectivity index (χ3v) is 10.1. The minimum atomic E-state index is -0.690. The Balaban J connectivity index is 3.17. The fourth-order valence-corrected chi connectivity index (χ4v) is 0. The summed E-state index contributed by atoms with van der Waals surface area (Å²) in [6.45, 7) is 7.04. The van der Waals surface area contributed by atoms with Crippen molar-refractivity contribution in [2.24, 2.45) is 0 Å². The predicted molar refractivity (Wildman–Crippen MR) is 34.9 cm³/mol. The summed E-state index contributed by atoms with van der Waals surface area (Å²) in [6.07, 6.45) is 0. The van der Waals surface area contributed by atoms with Gasteiger partial charge in [-0.25, -0.2) is 0 Å². The van der Waals surface area contributed by atoms with Crippen LogP contribution >= 0.6 is 0 Å². The largest absolute Gasteiger partial charge is 0.0721 e. The van der Waals surface area contributed by atoms with Crippen LogP contribution < -0.4 is 0 Å². The molecule has 0 saturated carbocycles. The first-order valence-electron chi connectivity index (χ1n) is 2.00. The molecule has 0 N–H and O–H groups in total. The van der Waals surface area contributed by atoms with Gasteiger partial charge in [-0.05, 0) is 0 Å².